The number of nitrogens with zero attached hydrogens (tertiary/aromatic N) is 2. The molecule has 0 saturated heterocycles. The first-order valence-corrected chi connectivity index (χ1v) is 13.3. The first-order valence-electron chi connectivity index (χ1n) is 11.1. The van der Waals surface area contributed by atoms with Crippen molar-refractivity contribution in [3.63, 3.8) is 0 Å². The average Bonchev–Trinajstić information content (AvgIpc) is 2.88. The standard InChI is InChI=1S/C26H21Cl2N3O6S/c1-3-16-20(12-15(27)13-22(16)38(34,35)36)30-31-23-17-8-5-4-7-14(17)11-18(25(23)32)26(33)29-24-19(28)9-6-10-21(24)37-2/h4-13,32H,3H2,1-2H3,(H,29,33)(H,34,35,36). The second-order valence-electron chi connectivity index (χ2n) is 8.04. The van der Waals surface area contributed by atoms with Gasteiger partial charge in [0.2, 0.25) is 0 Å². The van der Waals surface area contributed by atoms with Crippen molar-refractivity contribution in [2.45, 2.75) is 18.2 Å². The van der Waals surface area contributed by atoms with Crippen molar-refractivity contribution in [3.8, 4) is 11.5 Å². The summed E-state index contributed by atoms with van der Waals surface area (Å²) in [5, 5.41) is 23.4. The lowest BCUT2D eigenvalue weighted by atomic mass is 10.0. The third kappa shape index (κ3) is 5.44. The van der Waals surface area contributed by atoms with Gasteiger partial charge in [-0.2, -0.15) is 13.5 Å². The number of phenols is 1. The lowest BCUT2D eigenvalue weighted by Gasteiger charge is -2.14. The van der Waals surface area contributed by atoms with Gasteiger partial charge in [0.05, 0.1) is 23.4 Å². The number of fused-ring (bicyclic) bond motifs is 1. The zero-order valence-electron chi connectivity index (χ0n) is 20.1. The van der Waals surface area contributed by atoms with Crippen LogP contribution in [0, 0.1) is 0 Å². The molecule has 12 heteroatoms. The van der Waals surface area contributed by atoms with Crippen molar-refractivity contribution < 1.29 is 27.6 Å². The molecule has 38 heavy (non-hydrogen) atoms. The van der Waals surface area contributed by atoms with Crippen molar-refractivity contribution in [1.29, 1.82) is 0 Å². The van der Waals surface area contributed by atoms with Gasteiger partial charge < -0.3 is 15.2 Å². The Labute approximate surface area is 228 Å². The number of benzene rings is 4. The summed E-state index contributed by atoms with van der Waals surface area (Å²) < 4.78 is 38.7. The largest absolute Gasteiger partial charge is 0.505 e. The highest BCUT2D eigenvalue weighted by Gasteiger charge is 2.22. The minimum absolute atomic E-state index is 0.0136. The van der Waals surface area contributed by atoms with Gasteiger partial charge in [0.25, 0.3) is 16.0 Å². The second-order valence-corrected chi connectivity index (χ2v) is 10.3. The van der Waals surface area contributed by atoms with Crippen LogP contribution in [0.4, 0.5) is 17.1 Å². The van der Waals surface area contributed by atoms with E-state index in [1.165, 1.54) is 19.2 Å². The Balaban J connectivity index is 1.86. The first-order chi connectivity index (χ1) is 18.0. The Kier molecular flexibility index (Phi) is 7.89. The van der Waals surface area contributed by atoms with Crippen LogP contribution in [0.1, 0.15) is 22.8 Å². The fraction of sp³-hybridized carbons (Fsp3) is 0.115. The van der Waals surface area contributed by atoms with Crippen LogP contribution in [0.2, 0.25) is 10.0 Å². The van der Waals surface area contributed by atoms with Crippen molar-refractivity contribution in [3.05, 3.63) is 81.8 Å². The number of amides is 1. The molecule has 0 aliphatic heterocycles. The van der Waals surface area contributed by atoms with Crippen LogP contribution in [-0.2, 0) is 16.5 Å². The summed E-state index contributed by atoms with van der Waals surface area (Å²) in [5.74, 6) is -0.818. The van der Waals surface area contributed by atoms with Gasteiger partial charge in [-0.15, -0.1) is 5.11 Å². The molecule has 0 saturated carbocycles. The summed E-state index contributed by atoms with van der Waals surface area (Å²) in [4.78, 5) is 12.9. The summed E-state index contributed by atoms with van der Waals surface area (Å²) in [5.41, 5.74) is 0.340. The molecule has 0 aliphatic rings. The fourth-order valence-electron chi connectivity index (χ4n) is 3.95. The van der Waals surface area contributed by atoms with Gasteiger partial charge in [0, 0.05) is 16.0 Å². The smallest absolute Gasteiger partial charge is 0.294 e. The van der Waals surface area contributed by atoms with Crippen LogP contribution in [0.25, 0.3) is 10.8 Å². The van der Waals surface area contributed by atoms with Crippen LogP contribution in [0.15, 0.2) is 75.8 Å². The number of hydrogen-bond acceptors (Lipinski definition) is 7. The second kappa shape index (κ2) is 11.0. The summed E-state index contributed by atoms with van der Waals surface area (Å²) in [6, 6.07) is 15.8. The van der Waals surface area contributed by atoms with Gasteiger partial charge in [-0.3, -0.25) is 9.35 Å². The molecule has 0 unspecified atom stereocenters. The highest BCUT2D eigenvalue weighted by molar-refractivity contribution is 7.85. The highest BCUT2D eigenvalue weighted by atomic mass is 35.5. The number of ether oxygens (including phenoxy) is 1. The minimum atomic E-state index is -4.58. The molecule has 9 nitrogen and oxygen atoms in total. The van der Waals surface area contributed by atoms with Gasteiger partial charge in [-0.25, -0.2) is 0 Å². The molecule has 0 spiro atoms. The molecular formula is C26H21Cl2N3O6S. The molecule has 1 amide bonds. The number of halogens is 2. The number of nitrogens with one attached hydrogen (secondary N) is 1. The van der Waals surface area contributed by atoms with E-state index in [1.807, 2.05) is 0 Å². The number of azo groups is 1. The zero-order valence-corrected chi connectivity index (χ0v) is 22.4. The maximum atomic E-state index is 13.3. The summed E-state index contributed by atoms with van der Waals surface area (Å²) in [6.45, 7) is 1.68. The number of hydrogen-bond donors (Lipinski definition) is 3. The Morgan fingerprint density at radius 1 is 1.05 bits per heavy atom. The van der Waals surface area contributed by atoms with Gasteiger partial charge in [0.1, 0.15) is 22.0 Å². The molecule has 4 rings (SSSR count). The molecule has 0 bridgehead atoms. The predicted molar refractivity (Wildman–Crippen MR) is 146 cm³/mol. The number of phenolic OH excluding ortho intramolecular Hbond substituents is 1. The minimum Gasteiger partial charge on any atom is -0.505 e. The number of methoxy groups -OCH3 is 1. The summed E-state index contributed by atoms with van der Waals surface area (Å²) in [6.07, 6.45) is 0.190. The maximum absolute atomic E-state index is 13.3. The third-order valence-corrected chi connectivity index (χ3v) is 7.17. The molecule has 4 aromatic carbocycles. The van der Waals surface area contributed by atoms with Crippen molar-refractivity contribution >= 4 is 67.1 Å². The summed E-state index contributed by atoms with van der Waals surface area (Å²) in [7, 11) is -3.15. The van der Waals surface area contributed by atoms with Gasteiger partial charge in [-0.1, -0.05) is 60.5 Å². The molecule has 0 atom stereocenters. The predicted octanol–water partition coefficient (Wildman–Crippen LogP) is 7.34. The molecule has 0 heterocycles. The summed E-state index contributed by atoms with van der Waals surface area (Å²) >= 11 is 12.3. The molecule has 0 radical (unpaired) electrons. The Morgan fingerprint density at radius 3 is 2.47 bits per heavy atom. The molecule has 0 fully saturated rings. The molecule has 0 aliphatic carbocycles. The topological polar surface area (TPSA) is 138 Å². The van der Waals surface area contributed by atoms with Gasteiger partial charge in [-0.05, 0) is 42.1 Å². The molecule has 3 N–H and O–H groups in total. The molecule has 4 aromatic rings. The number of rotatable bonds is 7. The Bertz CT molecular complexity index is 1710. The number of anilines is 1. The van der Waals surface area contributed by atoms with Crippen LogP contribution in [0.5, 0.6) is 11.5 Å². The quantitative estimate of drug-likeness (QED) is 0.156. The zero-order chi connectivity index (χ0) is 27.6. The van der Waals surface area contributed by atoms with E-state index in [4.69, 9.17) is 27.9 Å². The van der Waals surface area contributed by atoms with Crippen molar-refractivity contribution in [1.82, 2.24) is 0 Å². The van der Waals surface area contributed by atoms with Crippen molar-refractivity contribution in [2.75, 3.05) is 12.4 Å². The number of aromatic hydroxyl groups is 1. The van der Waals surface area contributed by atoms with E-state index >= 15 is 0 Å². The van der Waals surface area contributed by atoms with E-state index in [1.54, 1.807) is 49.4 Å². The Morgan fingerprint density at radius 2 is 1.79 bits per heavy atom. The van der Waals surface area contributed by atoms with Crippen LogP contribution in [-0.4, -0.2) is 31.1 Å². The van der Waals surface area contributed by atoms with Gasteiger partial charge in [0.15, 0.2) is 5.75 Å². The lowest BCUT2D eigenvalue weighted by molar-refractivity contribution is 0.102. The van der Waals surface area contributed by atoms with E-state index < -0.39 is 26.7 Å². The average molecular weight is 574 g/mol. The monoisotopic (exact) mass is 573 g/mol. The number of carbonyl (C=O) groups is 1. The Hall–Kier alpha value is -3.70. The highest BCUT2D eigenvalue weighted by Crippen LogP contribution is 2.41. The molecular weight excluding hydrogens is 553 g/mol. The van der Waals surface area contributed by atoms with E-state index in [0.717, 1.165) is 6.07 Å². The fourth-order valence-corrected chi connectivity index (χ4v) is 5.27. The van der Waals surface area contributed by atoms with E-state index in [-0.39, 0.29) is 44.7 Å². The first kappa shape index (κ1) is 27.3. The van der Waals surface area contributed by atoms with Gasteiger partial charge >= 0.3 is 0 Å². The molecule has 0 aromatic heterocycles. The number of carbonyl (C=O) groups excluding carboxylic acids is 1. The van der Waals surface area contributed by atoms with Crippen LogP contribution >= 0.6 is 23.2 Å². The van der Waals surface area contributed by atoms with E-state index in [2.05, 4.69) is 15.5 Å². The molecule has 196 valence electrons. The van der Waals surface area contributed by atoms with Crippen LogP contribution in [0.3, 0.4) is 0 Å². The SMILES string of the molecule is CCc1c(N=Nc2c(O)c(C(=O)Nc3c(Cl)cccc3OC)cc3ccccc23)cc(Cl)cc1S(=O)(=O)O. The van der Waals surface area contributed by atoms with Crippen molar-refractivity contribution in [2.24, 2.45) is 10.2 Å². The number of para-hydroxylation sites is 1. The maximum Gasteiger partial charge on any atom is 0.294 e. The normalized spacial score (nSPS) is 11.7. The van der Waals surface area contributed by atoms with Crippen LogP contribution < -0.4 is 10.1 Å². The van der Waals surface area contributed by atoms with E-state index in [9.17, 15) is 22.9 Å². The lowest BCUT2D eigenvalue weighted by Crippen LogP contribution is -2.13. The third-order valence-electron chi connectivity index (χ3n) is 5.71. The van der Waals surface area contributed by atoms with E-state index in [0.29, 0.717) is 16.5 Å².